The first-order valence-corrected chi connectivity index (χ1v) is 10.2. The van der Waals surface area contributed by atoms with Crippen LogP contribution in [0.25, 0.3) is 17.1 Å². The van der Waals surface area contributed by atoms with Crippen LogP contribution in [-0.2, 0) is 4.79 Å². The molecule has 0 spiro atoms. The lowest BCUT2D eigenvalue weighted by molar-refractivity contribution is -0.120. The third-order valence-electron chi connectivity index (χ3n) is 4.62. The number of rotatable bonds is 6. The molecule has 28 heavy (non-hydrogen) atoms. The summed E-state index contributed by atoms with van der Waals surface area (Å²) in [6.07, 6.45) is 2.08. The Morgan fingerprint density at radius 2 is 1.89 bits per heavy atom. The largest absolute Gasteiger partial charge is 0.352 e. The Morgan fingerprint density at radius 1 is 1.18 bits per heavy atom. The van der Waals surface area contributed by atoms with Crippen LogP contribution in [0.4, 0.5) is 4.39 Å². The average molecular weight is 396 g/mol. The van der Waals surface area contributed by atoms with Crippen molar-refractivity contribution in [3.05, 3.63) is 59.9 Å². The topological polar surface area (TPSA) is 59.8 Å². The van der Waals surface area contributed by atoms with E-state index in [-0.39, 0.29) is 17.0 Å². The second-order valence-corrected chi connectivity index (χ2v) is 8.31. The van der Waals surface area contributed by atoms with Crippen molar-refractivity contribution in [2.75, 3.05) is 0 Å². The van der Waals surface area contributed by atoms with Gasteiger partial charge in [-0.3, -0.25) is 9.36 Å². The number of thioether (sulfide) groups is 1. The third kappa shape index (κ3) is 3.94. The Morgan fingerprint density at radius 3 is 2.57 bits per heavy atom. The summed E-state index contributed by atoms with van der Waals surface area (Å²) in [5.74, 6) is 0.0389. The molecule has 1 aliphatic carbocycles. The molecule has 1 atom stereocenters. The van der Waals surface area contributed by atoms with Gasteiger partial charge in [0, 0.05) is 11.7 Å². The molecular weight excluding hydrogens is 375 g/mol. The van der Waals surface area contributed by atoms with Crippen molar-refractivity contribution in [3.8, 4) is 17.1 Å². The lowest BCUT2D eigenvalue weighted by Crippen LogP contribution is -2.32. The van der Waals surface area contributed by atoms with Crippen LogP contribution < -0.4 is 5.32 Å². The van der Waals surface area contributed by atoms with E-state index in [1.54, 1.807) is 18.2 Å². The summed E-state index contributed by atoms with van der Waals surface area (Å²) in [5.41, 5.74) is 2.32. The Hall–Kier alpha value is -2.67. The van der Waals surface area contributed by atoms with Gasteiger partial charge in [0.25, 0.3) is 0 Å². The molecule has 1 aliphatic rings. The Bertz CT molecular complexity index is 998. The van der Waals surface area contributed by atoms with Gasteiger partial charge in [0.1, 0.15) is 5.82 Å². The van der Waals surface area contributed by atoms with E-state index in [1.165, 1.54) is 17.8 Å². The summed E-state index contributed by atoms with van der Waals surface area (Å²) in [6.45, 7) is 3.85. The van der Waals surface area contributed by atoms with Gasteiger partial charge in [0.15, 0.2) is 11.0 Å². The number of aromatic nitrogens is 3. The fraction of sp³-hybridized carbons (Fsp3) is 0.286. The van der Waals surface area contributed by atoms with Gasteiger partial charge >= 0.3 is 0 Å². The molecule has 7 heteroatoms. The van der Waals surface area contributed by atoms with Gasteiger partial charge in [-0.25, -0.2) is 4.39 Å². The van der Waals surface area contributed by atoms with Gasteiger partial charge in [0.05, 0.1) is 10.8 Å². The number of amides is 1. The second-order valence-electron chi connectivity index (χ2n) is 7.00. The molecule has 4 rings (SSSR count). The monoisotopic (exact) mass is 396 g/mol. The zero-order valence-corrected chi connectivity index (χ0v) is 16.5. The minimum Gasteiger partial charge on any atom is -0.352 e. The highest BCUT2D eigenvalue weighted by Crippen LogP contribution is 2.31. The maximum atomic E-state index is 14.4. The van der Waals surface area contributed by atoms with E-state index in [0.29, 0.717) is 22.6 Å². The summed E-state index contributed by atoms with van der Waals surface area (Å²) in [6, 6.07) is 14.7. The molecule has 1 unspecified atom stereocenters. The highest BCUT2D eigenvalue weighted by molar-refractivity contribution is 8.00. The molecule has 2 aromatic carbocycles. The normalized spacial score (nSPS) is 14.7. The number of hydrogen-bond donors (Lipinski definition) is 1. The Labute approximate surface area is 167 Å². The predicted octanol–water partition coefficient (Wildman–Crippen LogP) is 4.14. The summed E-state index contributed by atoms with van der Waals surface area (Å²) < 4.78 is 16.2. The molecule has 5 nitrogen and oxygen atoms in total. The highest BCUT2D eigenvalue weighted by Gasteiger charge is 2.28. The molecule has 1 amide bonds. The zero-order valence-electron chi connectivity index (χ0n) is 15.7. The standard InChI is InChI=1S/C21H21FN4OS/c1-13-7-11-16(12-8-13)26-19(17-5-3-4-6-18(17)22)24-25-21(26)28-14(2)20(27)23-15-9-10-15/h3-8,11-12,14-15H,9-10H2,1-2H3,(H,23,27). The van der Waals surface area contributed by atoms with Crippen molar-refractivity contribution in [3.63, 3.8) is 0 Å². The Kier molecular flexibility index (Phi) is 5.17. The summed E-state index contributed by atoms with van der Waals surface area (Å²) in [7, 11) is 0. The number of carbonyl (C=O) groups excluding carboxylic acids is 1. The first-order valence-electron chi connectivity index (χ1n) is 9.27. The van der Waals surface area contributed by atoms with Crippen LogP contribution in [-0.4, -0.2) is 32.0 Å². The van der Waals surface area contributed by atoms with Crippen molar-refractivity contribution >= 4 is 17.7 Å². The fourth-order valence-electron chi connectivity index (χ4n) is 2.85. The molecular formula is C21H21FN4OS. The quantitative estimate of drug-likeness (QED) is 0.636. The van der Waals surface area contributed by atoms with Crippen molar-refractivity contribution in [1.29, 1.82) is 0 Å². The van der Waals surface area contributed by atoms with Gasteiger partial charge in [-0.2, -0.15) is 0 Å². The number of nitrogens with zero attached hydrogens (tertiary/aromatic N) is 3. The molecule has 1 N–H and O–H groups in total. The summed E-state index contributed by atoms with van der Waals surface area (Å²) >= 11 is 1.32. The maximum absolute atomic E-state index is 14.4. The number of aryl methyl sites for hydroxylation is 1. The SMILES string of the molecule is Cc1ccc(-n2c(SC(C)C(=O)NC3CC3)nnc2-c2ccccc2F)cc1. The molecule has 1 aromatic heterocycles. The van der Waals surface area contributed by atoms with Crippen LogP contribution in [0.15, 0.2) is 53.7 Å². The van der Waals surface area contributed by atoms with E-state index in [0.717, 1.165) is 24.1 Å². The average Bonchev–Trinajstić information content (AvgIpc) is 3.41. The smallest absolute Gasteiger partial charge is 0.233 e. The number of halogens is 1. The van der Waals surface area contributed by atoms with Crippen LogP contribution in [0.5, 0.6) is 0 Å². The van der Waals surface area contributed by atoms with Gasteiger partial charge in [-0.1, -0.05) is 41.6 Å². The van der Waals surface area contributed by atoms with E-state index < -0.39 is 0 Å². The van der Waals surface area contributed by atoms with Crippen molar-refractivity contribution in [1.82, 2.24) is 20.1 Å². The highest BCUT2D eigenvalue weighted by atomic mass is 32.2. The van der Waals surface area contributed by atoms with Crippen molar-refractivity contribution in [2.45, 2.75) is 43.1 Å². The fourth-order valence-corrected chi connectivity index (χ4v) is 3.72. The minimum atomic E-state index is -0.362. The summed E-state index contributed by atoms with van der Waals surface area (Å²) in [4.78, 5) is 12.4. The molecule has 1 saturated carbocycles. The van der Waals surface area contributed by atoms with Gasteiger partial charge < -0.3 is 5.32 Å². The van der Waals surface area contributed by atoms with Crippen LogP contribution in [0, 0.1) is 12.7 Å². The number of nitrogens with one attached hydrogen (secondary N) is 1. The Balaban J connectivity index is 1.72. The van der Waals surface area contributed by atoms with E-state index in [2.05, 4.69) is 15.5 Å². The molecule has 0 radical (unpaired) electrons. The molecule has 3 aromatic rings. The van der Waals surface area contributed by atoms with Crippen LogP contribution in [0.3, 0.4) is 0 Å². The van der Waals surface area contributed by atoms with Gasteiger partial charge in [-0.05, 0) is 51.0 Å². The van der Waals surface area contributed by atoms with Crippen molar-refractivity contribution < 1.29 is 9.18 Å². The van der Waals surface area contributed by atoms with Gasteiger partial charge in [0.2, 0.25) is 5.91 Å². The second kappa shape index (κ2) is 7.75. The number of carbonyl (C=O) groups is 1. The summed E-state index contributed by atoms with van der Waals surface area (Å²) in [5, 5.41) is 11.8. The molecule has 144 valence electrons. The molecule has 1 fully saturated rings. The lowest BCUT2D eigenvalue weighted by atomic mass is 10.2. The first kappa shape index (κ1) is 18.7. The number of benzene rings is 2. The van der Waals surface area contributed by atoms with E-state index in [1.807, 2.05) is 42.7 Å². The first-order chi connectivity index (χ1) is 13.5. The lowest BCUT2D eigenvalue weighted by Gasteiger charge is -2.14. The van der Waals surface area contributed by atoms with Crippen LogP contribution in [0.2, 0.25) is 0 Å². The van der Waals surface area contributed by atoms with E-state index in [9.17, 15) is 9.18 Å². The van der Waals surface area contributed by atoms with E-state index >= 15 is 0 Å². The number of hydrogen-bond acceptors (Lipinski definition) is 4. The van der Waals surface area contributed by atoms with Crippen LogP contribution >= 0.6 is 11.8 Å². The maximum Gasteiger partial charge on any atom is 0.233 e. The van der Waals surface area contributed by atoms with E-state index in [4.69, 9.17) is 0 Å². The molecule has 0 aliphatic heterocycles. The predicted molar refractivity (Wildman–Crippen MR) is 108 cm³/mol. The molecule has 0 bridgehead atoms. The van der Waals surface area contributed by atoms with Gasteiger partial charge in [-0.15, -0.1) is 10.2 Å². The molecule has 1 heterocycles. The minimum absolute atomic E-state index is 0.0154. The zero-order chi connectivity index (χ0) is 19.7. The third-order valence-corrected chi connectivity index (χ3v) is 5.66. The van der Waals surface area contributed by atoms with Crippen LogP contribution in [0.1, 0.15) is 25.3 Å². The van der Waals surface area contributed by atoms with Crippen molar-refractivity contribution in [2.24, 2.45) is 0 Å². The molecule has 0 saturated heterocycles.